The molecule has 0 unspecified atom stereocenters. The molecule has 7 heteroatoms. The molecule has 1 aliphatic rings. The van der Waals surface area contributed by atoms with Crippen LogP contribution in [-0.2, 0) is 27.2 Å². The predicted molar refractivity (Wildman–Crippen MR) is 100 cm³/mol. The molecule has 0 radical (unpaired) electrons. The molecule has 142 valence electrons. The van der Waals surface area contributed by atoms with Crippen molar-refractivity contribution in [2.45, 2.75) is 32.6 Å². The zero-order valence-electron chi connectivity index (χ0n) is 15.3. The van der Waals surface area contributed by atoms with E-state index in [2.05, 4.69) is 15.6 Å². The first kappa shape index (κ1) is 18.8. The Labute approximate surface area is 157 Å². The average molecular weight is 369 g/mol. The molecular weight excluding hydrogens is 346 g/mol. The summed E-state index contributed by atoms with van der Waals surface area (Å²) in [6.07, 6.45) is 3.39. The first-order chi connectivity index (χ1) is 13.1. The summed E-state index contributed by atoms with van der Waals surface area (Å²) in [5.74, 6) is -1.31. The third-order valence-corrected chi connectivity index (χ3v) is 4.48. The minimum Gasteiger partial charge on any atom is -0.452 e. The summed E-state index contributed by atoms with van der Waals surface area (Å²) in [7, 11) is 0. The average Bonchev–Trinajstić information content (AvgIpc) is 3.14. The van der Waals surface area contributed by atoms with E-state index in [1.54, 1.807) is 0 Å². The maximum atomic E-state index is 12.7. The Kier molecular flexibility index (Phi) is 6.01. The largest absolute Gasteiger partial charge is 0.452 e. The second-order valence-electron chi connectivity index (χ2n) is 6.49. The van der Waals surface area contributed by atoms with Gasteiger partial charge in [-0.1, -0.05) is 25.1 Å². The van der Waals surface area contributed by atoms with Crippen LogP contribution in [-0.4, -0.2) is 42.5 Å². The lowest BCUT2D eigenvalue weighted by atomic mass is 10.0. The Morgan fingerprint density at radius 3 is 2.74 bits per heavy atom. The number of hydrogen-bond acceptors (Lipinski definition) is 5. The molecule has 0 bridgehead atoms. The fraction of sp³-hybridized carbons (Fsp3) is 0.400. The van der Waals surface area contributed by atoms with Gasteiger partial charge in [0.2, 0.25) is 5.91 Å². The fourth-order valence-electron chi connectivity index (χ4n) is 3.20. The van der Waals surface area contributed by atoms with Gasteiger partial charge in [-0.15, -0.1) is 0 Å². The number of ether oxygens (including phenoxy) is 1. The molecule has 0 fully saturated rings. The predicted octanol–water partition coefficient (Wildman–Crippen LogP) is 1.52. The number of carbonyl (C=O) groups is 3. The van der Waals surface area contributed by atoms with E-state index < -0.39 is 18.5 Å². The van der Waals surface area contributed by atoms with Crippen molar-refractivity contribution in [3.05, 3.63) is 41.1 Å². The molecule has 0 saturated heterocycles. The number of pyridine rings is 1. The summed E-state index contributed by atoms with van der Waals surface area (Å²) in [4.78, 5) is 40.7. The molecule has 2 aromatic rings. The molecular formula is C20H23N3O4. The highest BCUT2D eigenvalue weighted by Crippen LogP contribution is 2.30. The highest BCUT2D eigenvalue weighted by Gasteiger charge is 2.25. The number of aromatic nitrogens is 1. The number of aryl methyl sites for hydroxylation is 1. The third-order valence-electron chi connectivity index (χ3n) is 4.48. The molecule has 7 nitrogen and oxygen atoms in total. The number of nitrogens with zero attached hydrogens (tertiary/aromatic N) is 1. The van der Waals surface area contributed by atoms with Crippen molar-refractivity contribution in [3.8, 4) is 0 Å². The van der Waals surface area contributed by atoms with Crippen molar-refractivity contribution in [1.29, 1.82) is 0 Å². The Bertz CT molecular complexity index is 879. The third kappa shape index (κ3) is 4.42. The van der Waals surface area contributed by atoms with Crippen molar-refractivity contribution in [2.75, 3.05) is 19.7 Å². The molecule has 27 heavy (non-hydrogen) atoms. The van der Waals surface area contributed by atoms with Crippen molar-refractivity contribution in [3.63, 3.8) is 0 Å². The number of fused-ring (bicyclic) bond motifs is 2. The van der Waals surface area contributed by atoms with E-state index in [0.29, 0.717) is 12.1 Å². The molecule has 1 aromatic carbocycles. The Morgan fingerprint density at radius 2 is 1.93 bits per heavy atom. The molecule has 2 amide bonds. The minimum atomic E-state index is -0.530. The number of hydrogen-bond donors (Lipinski definition) is 2. The highest BCUT2D eigenvalue weighted by atomic mass is 16.5. The smallest absolute Gasteiger partial charge is 0.339 e. The van der Waals surface area contributed by atoms with Crippen LogP contribution in [0.25, 0.3) is 10.9 Å². The van der Waals surface area contributed by atoms with Gasteiger partial charge < -0.3 is 15.4 Å². The molecule has 0 spiro atoms. The van der Waals surface area contributed by atoms with Gasteiger partial charge in [0, 0.05) is 17.6 Å². The maximum absolute atomic E-state index is 12.7. The summed E-state index contributed by atoms with van der Waals surface area (Å²) in [6.45, 7) is 1.94. The summed E-state index contributed by atoms with van der Waals surface area (Å²) in [5.41, 5.74) is 3.10. The lowest BCUT2D eigenvalue weighted by Gasteiger charge is -2.12. The summed E-state index contributed by atoms with van der Waals surface area (Å²) in [5, 5.41) is 5.84. The van der Waals surface area contributed by atoms with Crippen LogP contribution in [0.4, 0.5) is 0 Å². The van der Waals surface area contributed by atoms with Gasteiger partial charge in [0.15, 0.2) is 6.61 Å². The standard InChI is InChI=1S/C20H23N3O4/c1-2-10-21-17(24)11-22-18(25)12-27-20(26)19-13-6-3-4-8-15(13)23-16-9-5-7-14(16)19/h3-4,6,8H,2,5,7,9-12H2,1H3,(H,21,24)(H,22,25). The van der Waals surface area contributed by atoms with Gasteiger partial charge in [0.1, 0.15) is 0 Å². The SMILES string of the molecule is CCCNC(=O)CNC(=O)COC(=O)c1c2c(nc3ccccc13)CCC2. The van der Waals surface area contributed by atoms with Crippen LogP contribution in [0.15, 0.2) is 24.3 Å². The Hall–Kier alpha value is -2.96. The van der Waals surface area contributed by atoms with Crippen molar-refractivity contribution in [2.24, 2.45) is 0 Å². The molecule has 1 aromatic heterocycles. The van der Waals surface area contributed by atoms with E-state index in [1.165, 1.54) is 0 Å². The van der Waals surface area contributed by atoms with E-state index in [1.807, 2.05) is 31.2 Å². The van der Waals surface area contributed by atoms with Gasteiger partial charge in [-0.25, -0.2) is 4.79 Å². The lowest BCUT2D eigenvalue weighted by molar-refractivity contribution is -0.127. The van der Waals surface area contributed by atoms with Gasteiger partial charge >= 0.3 is 5.97 Å². The summed E-state index contributed by atoms with van der Waals surface area (Å²) >= 11 is 0. The highest BCUT2D eigenvalue weighted by molar-refractivity contribution is 6.05. The molecule has 0 atom stereocenters. The molecule has 1 aliphatic carbocycles. The van der Waals surface area contributed by atoms with Crippen molar-refractivity contribution >= 4 is 28.7 Å². The quantitative estimate of drug-likeness (QED) is 0.721. The number of esters is 1. The monoisotopic (exact) mass is 369 g/mol. The van der Waals surface area contributed by atoms with Crippen LogP contribution in [0.2, 0.25) is 0 Å². The number of carbonyl (C=O) groups excluding carboxylic acids is 3. The van der Waals surface area contributed by atoms with Gasteiger partial charge in [-0.2, -0.15) is 0 Å². The number of nitrogens with one attached hydrogen (secondary N) is 2. The Balaban J connectivity index is 1.65. The number of rotatable bonds is 7. The van der Waals surface area contributed by atoms with Gasteiger partial charge in [-0.3, -0.25) is 14.6 Å². The van der Waals surface area contributed by atoms with Crippen LogP contribution in [0.5, 0.6) is 0 Å². The maximum Gasteiger partial charge on any atom is 0.339 e. The fourth-order valence-corrected chi connectivity index (χ4v) is 3.20. The Morgan fingerprint density at radius 1 is 1.11 bits per heavy atom. The first-order valence-electron chi connectivity index (χ1n) is 9.21. The van der Waals surface area contributed by atoms with Gasteiger partial charge in [-0.05, 0) is 37.3 Å². The van der Waals surface area contributed by atoms with Crippen LogP contribution in [0, 0.1) is 0 Å². The van der Waals surface area contributed by atoms with E-state index in [0.717, 1.165) is 47.8 Å². The molecule has 2 N–H and O–H groups in total. The minimum absolute atomic E-state index is 0.135. The van der Waals surface area contributed by atoms with Gasteiger partial charge in [0.25, 0.3) is 5.91 Å². The van der Waals surface area contributed by atoms with Crippen molar-refractivity contribution < 1.29 is 19.1 Å². The zero-order valence-corrected chi connectivity index (χ0v) is 15.3. The molecule has 0 aliphatic heterocycles. The summed E-state index contributed by atoms with van der Waals surface area (Å²) in [6, 6.07) is 7.44. The van der Waals surface area contributed by atoms with E-state index in [4.69, 9.17) is 4.74 Å². The van der Waals surface area contributed by atoms with Crippen LogP contribution in [0.1, 0.15) is 41.4 Å². The number of amides is 2. The lowest BCUT2D eigenvalue weighted by Crippen LogP contribution is -2.39. The van der Waals surface area contributed by atoms with Gasteiger partial charge in [0.05, 0.1) is 17.6 Å². The van der Waals surface area contributed by atoms with E-state index in [-0.39, 0.29) is 12.5 Å². The van der Waals surface area contributed by atoms with E-state index >= 15 is 0 Å². The molecule has 0 saturated carbocycles. The summed E-state index contributed by atoms with van der Waals surface area (Å²) < 4.78 is 5.23. The second-order valence-corrected chi connectivity index (χ2v) is 6.49. The zero-order chi connectivity index (χ0) is 19.2. The molecule has 3 rings (SSSR count). The number of para-hydroxylation sites is 1. The topological polar surface area (TPSA) is 97.4 Å². The first-order valence-corrected chi connectivity index (χ1v) is 9.21. The second kappa shape index (κ2) is 8.62. The van der Waals surface area contributed by atoms with Crippen LogP contribution >= 0.6 is 0 Å². The van der Waals surface area contributed by atoms with Crippen LogP contribution in [0.3, 0.4) is 0 Å². The van der Waals surface area contributed by atoms with E-state index in [9.17, 15) is 14.4 Å². The molecule has 1 heterocycles. The van der Waals surface area contributed by atoms with Crippen LogP contribution < -0.4 is 10.6 Å². The normalized spacial score (nSPS) is 12.5. The number of benzene rings is 1. The van der Waals surface area contributed by atoms with Crippen molar-refractivity contribution in [1.82, 2.24) is 15.6 Å².